The van der Waals surface area contributed by atoms with Gasteiger partial charge in [-0.05, 0) is 42.0 Å². The summed E-state index contributed by atoms with van der Waals surface area (Å²) in [5.41, 5.74) is 1.79. The van der Waals surface area contributed by atoms with Crippen LogP contribution in [-0.4, -0.2) is 58.3 Å². The highest BCUT2D eigenvalue weighted by Crippen LogP contribution is 2.35. The van der Waals surface area contributed by atoms with Gasteiger partial charge in [-0.1, -0.05) is 24.3 Å². The lowest BCUT2D eigenvalue weighted by atomic mass is 10.1. The molecule has 5 rings (SSSR count). The summed E-state index contributed by atoms with van der Waals surface area (Å²) in [5, 5.41) is 9.87. The zero-order chi connectivity index (χ0) is 25.1. The van der Waals surface area contributed by atoms with Crippen LogP contribution in [-0.2, 0) is 15.7 Å². The highest BCUT2D eigenvalue weighted by molar-refractivity contribution is 5.92. The van der Waals surface area contributed by atoms with Crippen molar-refractivity contribution in [3.63, 3.8) is 0 Å². The third-order valence-electron chi connectivity index (χ3n) is 5.79. The Balaban J connectivity index is 1.33. The van der Waals surface area contributed by atoms with E-state index < -0.39 is 11.7 Å². The number of carbonyl (C=O) groups is 1. The van der Waals surface area contributed by atoms with E-state index in [-0.39, 0.29) is 17.5 Å². The molecule has 4 aromatic rings. The number of hydrogen-bond acceptors (Lipinski definition) is 6. The van der Waals surface area contributed by atoms with Gasteiger partial charge < -0.3 is 15.4 Å². The van der Waals surface area contributed by atoms with Gasteiger partial charge in [0.25, 0.3) is 0 Å². The molecule has 2 aromatic carbocycles. The first-order valence-corrected chi connectivity index (χ1v) is 11.4. The van der Waals surface area contributed by atoms with Gasteiger partial charge in [-0.2, -0.15) is 18.2 Å². The van der Waals surface area contributed by atoms with Gasteiger partial charge >= 0.3 is 6.18 Å². The Morgan fingerprint density at radius 1 is 1.00 bits per heavy atom. The van der Waals surface area contributed by atoms with Gasteiger partial charge in [0.05, 0.1) is 31.0 Å². The number of benzene rings is 2. The summed E-state index contributed by atoms with van der Waals surface area (Å²) in [4.78, 5) is 18.8. The van der Waals surface area contributed by atoms with Gasteiger partial charge in [-0.3, -0.25) is 9.69 Å². The molecule has 0 bridgehead atoms. The number of ether oxygens (including phenoxy) is 1. The number of hydrogen-bond donors (Lipinski definition) is 2. The first-order chi connectivity index (χ1) is 17.4. The second-order valence-electron chi connectivity index (χ2n) is 8.31. The van der Waals surface area contributed by atoms with E-state index in [0.717, 1.165) is 30.3 Å². The van der Waals surface area contributed by atoms with Crippen LogP contribution in [0.3, 0.4) is 0 Å². The summed E-state index contributed by atoms with van der Waals surface area (Å²) in [6, 6.07) is 16.1. The van der Waals surface area contributed by atoms with Crippen molar-refractivity contribution in [3.05, 3.63) is 72.4 Å². The van der Waals surface area contributed by atoms with E-state index in [0.29, 0.717) is 31.1 Å². The van der Waals surface area contributed by atoms with Gasteiger partial charge in [0, 0.05) is 30.5 Å². The third kappa shape index (κ3) is 5.31. The van der Waals surface area contributed by atoms with Gasteiger partial charge in [0.1, 0.15) is 0 Å². The molecule has 186 valence electrons. The van der Waals surface area contributed by atoms with Crippen LogP contribution in [0.5, 0.6) is 0 Å². The number of alkyl halides is 3. The van der Waals surface area contributed by atoms with Gasteiger partial charge in [0.2, 0.25) is 11.9 Å². The number of para-hydroxylation sites is 1. The van der Waals surface area contributed by atoms with Crippen molar-refractivity contribution in [2.24, 2.45) is 0 Å². The van der Waals surface area contributed by atoms with Crippen molar-refractivity contribution in [1.29, 1.82) is 0 Å². The molecule has 2 aromatic heterocycles. The van der Waals surface area contributed by atoms with Crippen molar-refractivity contribution < 1.29 is 22.7 Å². The number of carbonyl (C=O) groups excluding carboxylic acids is 1. The molecule has 1 aliphatic rings. The highest BCUT2D eigenvalue weighted by atomic mass is 19.4. The lowest BCUT2D eigenvalue weighted by molar-refractivity contribution is -0.137. The molecule has 0 atom stereocenters. The number of halogens is 3. The van der Waals surface area contributed by atoms with E-state index in [1.54, 1.807) is 24.4 Å². The van der Waals surface area contributed by atoms with E-state index in [1.165, 1.54) is 22.7 Å². The van der Waals surface area contributed by atoms with Crippen LogP contribution in [0.2, 0.25) is 0 Å². The number of aromatic nitrogens is 3. The fraction of sp³-hybridized carbons (Fsp3) is 0.240. The second kappa shape index (κ2) is 9.96. The number of rotatable bonds is 6. The molecular weight excluding hydrogens is 473 g/mol. The Hall–Kier alpha value is -3.96. The average molecular weight is 496 g/mol. The minimum absolute atomic E-state index is 0.0474. The first-order valence-electron chi connectivity index (χ1n) is 11.4. The van der Waals surface area contributed by atoms with E-state index in [2.05, 4.69) is 20.7 Å². The summed E-state index contributed by atoms with van der Waals surface area (Å²) in [6.45, 7) is 3.02. The molecule has 0 aliphatic carbocycles. The topological polar surface area (TPSA) is 83.8 Å². The van der Waals surface area contributed by atoms with Gasteiger partial charge in [-0.15, -0.1) is 5.10 Å². The van der Waals surface area contributed by atoms with Crippen LogP contribution >= 0.6 is 0 Å². The predicted octanol–water partition coefficient (Wildman–Crippen LogP) is 4.43. The predicted molar refractivity (Wildman–Crippen MR) is 129 cm³/mol. The second-order valence-corrected chi connectivity index (χ2v) is 8.31. The van der Waals surface area contributed by atoms with Crippen LogP contribution in [0.1, 0.15) is 5.56 Å². The molecule has 0 radical (unpaired) electrons. The number of nitrogens with zero attached hydrogens (tertiary/aromatic N) is 4. The summed E-state index contributed by atoms with van der Waals surface area (Å²) in [6.07, 6.45) is -2.83. The van der Waals surface area contributed by atoms with Crippen LogP contribution in [0.4, 0.5) is 30.5 Å². The quantitative estimate of drug-likeness (QED) is 0.411. The smallest absolute Gasteiger partial charge is 0.379 e. The number of anilines is 3. The minimum Gasteiger partial charge on any atom is -0.379 e. The van der Waals surface area contributed by atoms with Crippen molar-refractivity contribution in [1.82, 2.24) is 19.5 Å². The Bertz CT molecular complexity index is 1360. The monoisotopic (exact) mass is 496 g/mol. The standard InChI is InChI=1S/C25H23F3N6O2/c26-25(27,28)20-5-1-2-6-21(20)30-24-31-23-19(4-3-11-34(23)32-24)17-7-9-18(10-8-17)29-22(35)16-33-12-14-36-15-13-33/h1-11H,12-16H2,(H,29,35)(H,30,32). The summed E-state index contributed by atoms with van der Waals surface area (Å²) in [5.74, 6) is -0.0507. The number of pyridine rings is 1. The van der Waals surface area contributed by atoms with Crippen LogP contribution in [0.15, 0.2) is 66.9 Å². The van der Waals surface area contributed by atoms with E-state index in [9.17, 15) is 18.0 Å². The van der Waals surface area contributed by atoms with E-state index in [1.807, 2.05) is 23.1 Å². The molecule has 2 N–H and O–H groups in total. The van der Waals surface area contributed by atoms with Crippen molar-refractivity contribution in [2.75, 3.05) is 43.5 Å². The normalized spacial score (nSPS) is 14.6. The molecule has 11 heteroatoms. The van der Waals surface area contributed by atoms with E-state index in [4.69, 9.17) is 4.74 Å². The lowest BCUT2D eigenvalue weighted by Crippen LogP contribution is -2.41. The SMILES string of the molecule is O=C(CN1CCOCC1)Nc1ccc(-c2cccn3nc(Nc4ccccc4C(F)(F)F)nc23)cc1. The van der Waals surface area contributed by atoms with Gasteiger partial charge in [0.15, 0.2) is 5.65 Å². The summed E-state index contributed by atoms with van der Waals surface area (Å²) in [7, 11) is 0. The largest absolute Gasteiger partial charge is 0.418 e. The highest BCUT2D eigenvalue weighted by Gasteiger charge is 2.33. The van der Waals surface area contributed by atoms with Crippen LogP contribution in [0, 0.1) is 0 Å². The molecular formula is C25H23F3N6O2. The third-order valence-corrected chi connectivity index (χ3v) is 5.79. The van der Waals surface area contributed by atoms with Crippen LogP contribution in [0.25, 0.3) is 16.8 Å². The molecule has 1 fully saturated rings. The lowest BCUT2D eigenvalue weighted by Gasteiger charge is -2.25. The molecule has 1 saturated heterocycles. The number of amides is 1. The van der Waals surface area contributed by atoms with Crippen molar-refractivity contribution >= 4 is 28.9 Å². The average Bonchev–Trinajstić information content (AvgIpc) is 3.27. The molecule has 0 saturated carbocycles. The number of morpholine rings is 1. The van der Waals surface area contributed by atoms with Crippen LogP contribution < -0.4 is 10.6 Å². The Morgan fingerprint density at radius 3 is 2.50 bits per heavy atom. The molecule has 1 amide bonds. The Morgan fingerprint density at radius 2 is 1.75 bits per heavy atom. The maximum atomic E-state index is 13.4. The molecule has 3 heterocycles. The molecule has 36 heavy (non-hydrogen) atoms. The maximum Gasteiger partial charge on any atom is 0.418 e. The molecule has 0 spiro atoms. The summed E-state index contributed by atoms with van der Waals surface area (Å²) >= 11 is 0. The van der Waals surface area contributed by atoms with Crippen molar-refractivity contribution in [2.45, 2.75) is 6.18 Å². The first kappa shape index (κ1) is 23.8. The number of fused-ring (bicyclic) bond motifs is 1. The molecule has 0 unspecified atom stereocenters. The zero-order valence-electron chi connectivity index (χ0n) is 19.1. The fourth-order valence-corrected chi connectivity index (χ4v) is 4.04. The van der Waals surface area contributed by atoms with Crippen molar-refractivity contribution in [3.8, 4) is 11.1 Å². The minimum atomic E-state index is -4.51. The molecule has 8 nitrogen and oxygen atoms in total. The fourth-order valence-electron chi connectivity index (χ4n) is 4.04. The summed E-state index contributed by atoms with van der Waals surface area (Å²) < 4.78 is 46.9. The van der Waals surface area contributed by atoms with E-state index >= 15 is 0 Å². The van der Waals surface area contributed by atoms with Gasteiger partial charge in [-0.25, -0.2) is 4.52 Å². The maximum absolute atomic E-state index is 13.4. The molecule has 1 aliphatic heterocycles. The Labute approximate surface area is 204 Å². The number of nitrogens with one attached hydrogen (secondary N) is 2. The zero-order valence-corrected chi connectivity index (χ0v) is 19.1. The Kier molecular flexibility index (Phi) is 6.57.